The van der Waals surface area contributed by atoms with Crippen molar-refractivity contribution in [1.29, 1.82) is 0 Å². The highest BCUT2D eigenvalue weighted by Gasteiger charge is 2.28. The molecule has 1 aromatic carbocycles. The molecule has 0 aromatic heterocycles. The molecule has 0 aliphatic carbocycles. The highest BCUT2D eigenvalue weighted by atomic mass is 16.6. The van der Waals surface area contributed by atoms with Gasteiger partial charge in [0, 0.05) is 17.9 Å². The molecule has 2 atom stereocenters. The average molecular weight is 349 g/mol. The summed E-state index contributed by atoms with van der Waals surface area (Å²) >= 11 is 0. The third-order valence-corrected chi connectivity index (χ3v) is 3.84. The van der Waals surface area contributed by atoms with Crippen LogP contribution in [0.4, 0.5) is 16.2 Å². The number of amides is 2. The standard InChI is InChI=1S/C18H27N3O4/c1-6-21(13-7-8-14-12(9-13)10-15(23)19-14)16(11(2)22)20-17(24)25-18(3,4)5/h7-9,11,16,22H,6,10H2,1-5H3,(H,19,23)(H,20,24). The van der Waals surface area contributed by atoms with Crippen molar-refractivity contribution in [1.82, 2.24) is 5.32 Å². The number of aliphatic hydroxyl groups is 1. The highest BCUT2D eigenvalue weighted by Crippen LogP contribution is 2.29. The molecule has 138 valence electrons. The number of carbonyl (C=O) groups is 2. The van der Waals surface area contributed by atoms with Crippen LogP contribution in [0.2, 0.25) is 0 Å². The van der Waals surface area contributed by atoms with Gasteiger partial charge in [-0.3, -0.25) is 10.1 Å². The van der Waals surface area contributed by atoms with Crippen molar-refractivity contribution in [2.75, 3.05) is 16.8 Å². The van der Waals surface area contributed by atoms with Gasteiger partial charge in [-0.15, -0.1) is 0 Å². The molecule has 25 heavy (non-hydrogen) atoms. The van der Waals surface area contributed by atoms with Crippen molar-refractivity contribution < 1.29 is 19.4 Å². The van der Waals surface area contributed by atoms with Crippen LogP contribution in [0.3, 0.4) is 0 Å². The molecule has 0 radical (unpaired) electrons. The number of hydrogen-bond acceptors (Lipinski definition) is 5. The maximum Gasteiger partial charge on any atom is 0.409 e. The Balaban J connectivity index is 2.22. The molecule has 2 amide bonds. The van der Waals surface area contributed by atoms with Crippen LogP contribution in [0.1, 0.15) is 40.2 Å². The van der Waals surface area contributed by atoms with Gasteiger partial charge in [0.05, 0.1) is 12.5 Å². The fraction of sp³-hybridized carbons (Fsp3) is 0.556. The molecule has 0 spiro atoms. The van der Waals surface area contributed by atoms with E-state index in [2.05, 4.69) is 10.6 Å². The van der Waals surface area contributed by atoms with Crippen molar-refractivity contribution in [2.24, 2.45) is 0 Å². The van der Waals surface area contributed by atoms with E-state index in [1.165, 1.54) is 0 Å². The van der Waals surface area contributed by atoms with Crippen molar-refractivity contribution in [2.45, 2.75) is 58.9 Å². The van der Waals surface area contributed by atoms with Crippen LogP contribution in [0, 0.1) is 0 Å². The molecule has 7 nitrogen and oxygen atoms in total. The lowest BCUT2D eigenvalue weighted by Crippen LogP contribution is -2.55. The second-order valence-electron chi connectivity index (χ2n) is 7.18. The zero-order chi connectivity index (χ0) is 18.8. The van der Waals surface area contributed by atoms with E-state index in [-0.39, 0.29) is 5.91 Å². The molecular formula is C18H27N3O4. The second kappa shape index (κ2) is 7.31. The molecule has 0 saturated carbocycles. The minimum atomic E-state index is -0.819. The number of ether oxygens (including phenoxy) is 1. The van der Waals surface area contributed by atoms with Crippen molar-refractivity contribution >= 4 is 23.4 Å². The van der Waals surface area contributed by atoms with Crippen LogP contribution in [0.15, 0.2) is 18.2 Å². The number of benzene rings is 1. The Morgan fingerprint density at radius 3 is 2.68 bits per heavy atom. The van der Waals surface area contributed by atoms with E-state index in [0.717, 1.165) is 16.9 Å². The van der Waals surface area contributed by atoms with Gasteiger partial charge in [0.15, 0.2) is 0 Å². The van der Waals surface area contributed by atoms with Gasteiger partial charge < -0.3 is 20.1 Å². The van der Waals surface area contributed by atoms with Crippen LogP contribution in [0.5, 0.6) is 0 Å². The van der Waals surface area contributed by atoms with Gasteiger partial charge in [-0.1, -0.05) is 0 Å². The molecular weight excluding hydrogens is 322 g/mol. The molecule has 1 aromatic rings. The maximum absolute atomic E-state index is 12.1. The molecule has 1 heterocycles. The smallest absolute Gasteiger partial charge is 0.409 e. The predicted octanol–water partition coefficient (Wildman–Crippen LogP) is 2.24. The fourth-order valence-corrected chi connectivity index (χ4v) is 2.82. The minimum Gasteiger partial charge on any atom is -0.444 e. The van der Waals surface area contributed by atoms with E-state index < -0.39 is 24.0 Å². The topological polar surface area (TPSA) is 90.9 Å². The average Bonchev–Trinajstić information content (AvgIpc) is 2.84. The molecule has 0 fully saturated rings. The van der Waals surface area contributed by atoms with Crippen LogP contribution in [0.25, 0.3) is 0 Å². The summed E-state index contributed by atoms with van der Waals surface area (Å²) in [6.07, 6.45) is -1.72. The summed E-state index contributed by atoms with van der Waals surface area (Å²) in [4.78, 5) is 25.5. The number of alkyl carbamates (subject to hydrolysis) is 1. The van der Waals surface area contributed by atoms with Crippen molar-refractivity contribution in [3.05, 3.63) is 23.8 Å². The number of carbonyl (C=O) groups excluding carboxylic acids is 2. The van der Waals surface area contributed by atoms with E-state index in [9.17, 15) is 14.7 Å². The van der Waals surface area contributed by atoms with Crippen LogP contribution >= 0.6 is 0 Å². The summed E-state index contributed by atoms with van der Waals surface area (Å²) in [5.41, 5.74) is 1.91. The number of aliphatic hydroxyl groups excluding tert-OH is 1. The van der Waals surface area contributed by atoms with E-state index >= 15 is 0 Å². The van der Waals surface area contributed by atoms with Gasteiger partial charge >= 0.3 is 6.09 Å². The number of rotatable bonds is 5. The Morgan fingerprint density at radius 1 is 1.44 bits per heavy atom. The van der Waals surface area contributed by atoms with Crippen molar-refractivity contribution in [3.8, 4) is 0 Å². The normalized spacial score (nSPS) is 15.8. The van der Waals surface area contributed by atoms with E-state index in [1.807, 2.05) is 30.0 Å². The van der Waals surface area contributed by atoms with Gasteiger partial charge in [0.2, 0.25) is 5.91 Å². The summed E-state index contributed by atoms with van der Waals surface area (Å²) in [7, 11) is 0. The monoisotopic (exact) mass is 349 g/mol. The van der Waals surface area contributed by atoms with Crippen molar-refractivity contribution in [3.63, 3.8) is 0 Å². The first kappa shape index (κ1) is 19.1. The third-order valence-electron chi connectivity index (χ3n) is 3.84. The van der Waals surface area contributed by atoms with Crippen LogP contribution < -0.4 is 15.5 Å². The maximum atomic E-state index is 12.1. The quantitative estimate of drug-likeness (QED) is 0.709. The predicted molar refractivity (Wildman–Crippen MR) is 96.6 cm³/mol. The van der Waals surface area contributed by atoms with Gasteiger partial charge in [-0.2, -0.15) is 0 Å². The third kappa shape index (κ3) is 4.85. The summed E-state index contributed by atoms with van der Waals surface area (Å²) < 4.78 is 5.29. The molecule has 2 rings (SSSR count). The minimum absolute atomic E-state index is 0.0332. The number of nitrogens with zero attached hydrogens (tertiary/aromatic N) is 1. The first-order valence-electron chi connectivity index (χ1n) is 8.47. The zero-order valence-corrected chi connectivity index (χ0v) is 15.4. The molecule has 1 aliphatic heterocycles. The van der Waals surface area contributed by atoms with E-state index in [4.69, 9.17) is 4.74 Å². The lowest BCUT2D eigenvalue weighted by molar-refractivity contribution is -0.115. The summed E-state index contributed by atoms with van der Waals surface area (Å²) in [6.45, 7) is 9.46. The summed E-state index contributed by atoms with van der Waals surface area (Å²) in [5, 5.41) is 15.7. The Bertz CT molecular complexity index is 652. The molecule has 0 saturated heterocycles. The molecule has 1 aliphatic rings. The lowest BCUT2D eigenvalue weighted by Gasteiger charge is -2.35. The fourth-order valence-electron chi connectivity index (χ4n) is 2.82. The number of likely N-dealkylation sites (N-methyl/N-ethyl adjacent to an activating group) is 1. The lowest BCUT2D eigenvalue weighted by atomic mass is 10.1. The van der Waals surface area contributed by atoms with Gasteiger partial charge in [-0.05, 0) is 58.4 Å². The number of hydrogen-bond donors (Lipinski definition) is 3. The Hall–Kier alpha value is -2.28. The molecule has 0 bridgehead atoms. The van der Waals surface area contributed by atoms with Gasteiger partial charge in [0.1, 0.15) is 11.8 Å². The zero-order valence-electron chi connectivity index (χ0n) is 15.4. The van der Waals surface area contributed by atoms with E-state index in [0.29, 0.717) is 13.0 Å². The Morgan fingerprint density at radius 2 is 2.12 bits per heavy atom. The molecule has 2 unspecified atom stereocenters. The number of fused-ring (bicyclic) bond motifs is 1. The highest BCUT2D eigenvalue weighted by molar-refractivity contribution is 5.99. The molecule has 3 N–H and O–H groups in total. The Labute approximate surface area is 148 Å². The van der Waals surface area contributed by atoms with E-state index in [1.54, 1.807) is 27.7 Å². The largest absolute Gasteiger partial charge is 0.444 e. The van der Waals surface area contributed by atoms with Gasteiger partial charge in [0.25, 0.3) is 0 Å². The summed E-state index contributed by atoms with van der Waals surface area (Å²) in [6, 6.07) is 5.60. The number of nitrogens with one attached hydrogen (secondary N) is 2. The summed E-state index contributed by atoms with van der Waals surface area (Å²) in [5.74, 6) is -0.0332. The van der Waals surface area contributed by atoms with Crippen LogP contribution in [-0.2, 0) is 16.0 Å². The molecule has 7 heteroatoms. The second-order valence-corrected chi connectivity index (χ2v) is 7.18. The first-order valence-corrected chi connectivity index (χ1v) is 8.47. The first-order chi connectivity index (χ1) is 11.6. The number of anilines is 2. The van der Waals surface area contributed by atoms with Crippen LogP contribution in [-0.4, -0.2) is 41.5 Å². The van der Waals surface area contributed by atoms with Gasteiger partial charge in [-0.25, -0.2) is 4.79 Å². The Kier molecular flexibility index (Phi) is 5.57. The SMILES string of the molecule is CCN(c1ccc2c(c1)CC(=O)N2)C(NC(=O)OC(C)(C)C)C(C)O.